The van der Waals surface area contributed by atoms with E-state index in [4.69, 9.17) is 0 Å². The molecular weight excluding hydrogens is 367 g/mol. The van der Waals surface area contributed by atoms with Gasteiger partial charge in [-0.1, -0.05) is 6.07 Å². The molecule has 0 aliphatic rings. The number of hydrogen-bond acceptors (Lipinski definition) is 2. The van der Waals surface area contributed by atoms with Gasteiger partial charge in [0.15, 0.2) is 0 Å². The van der Waals surface area contributed by atoms with Crippen LogP contribution in [0.15, 0.2) is 36.7 Å². The third-order valence-corrected chi connectivity index (χ3v) is 2.38. The number of aromatic nitrogens is 2. The van der Waals surface area contributed by atoms with E-state index in [1.54, 1.807) is 6.20 Å². The summed E-state index contributed by atoms with van der Waals surface area (Å²) < 4.78 is 0. The van der Waals surface area contributed by atoms with Crippen LogP contribution < -0.4 is 0 Å². The van der Waals surface area contributed by atoms with Crippen molar-refractivity contribution in [3.63, 3.8) is 0 Å². The monoisotopic (exact) mass is 379 g/mol. The predicted octanol–water partition coefficient (Wildman–Crippen LogP) is 2.76. The first-order valence-electron chi connectivity index (χ1n) is 4.62. The molecule has 0 aliphatic heterocycles. The molecule has 0 saturated carbocycles. The van der Waals surface area contributed by atoms with Crippen molar-refractivity contribution >= 4 is 0 Å². The standard InChI is InChI=1S/C12H12N2.Pt/c1-9-6-8-14-12(10(9)2)11-5-3-4-7-13-11;/h3-8H,1-2H3;/q;+2. The van der Waals surface area contributed by atoms with Crippen molar-refractivity contribution < 1.29 is 21.1 Å². The molecule has 2 heterocycles. The van der Waals surface area contributed by atoms with Gasteiger partial charge in [0.1, 0.15) is 0 Å². The molecule has 0 aromatic carbocycles. The normalized spacial score (nSPS) is 9.47. The topological polar surface area (TPSA) is 25.8 Å². The van der Waals surface area contributed by atoms with E-state index in [-0.39, 0.29) is 21.1 Å². The molecule has 2 nitrogen and oxygen atoms in total. The minimum atomic E-state index is 0. The van der Waals surface area contributed by atoms with Gasteiger partial charge >= 0.3 is 21.1 Å². The SMILES string of the molecule is Cc1ccnc(-c2ccccn2)c1C.[Pt+2]. The van der Waals surface area contributed by atoms with E-state index >= 15 is 0 Å². The number of pyridine rings is 2. The van der Waals surface area contributed by atoms with Crippen LogP contribution in [0.5, 0.6) is 0 Å². The second kappa shape index (κ2) is 5.18. The molecule has 0 unspecified atom stereocenters. The van der Waals surface area contributed by atoms with Gasteiger partial charge in [-0.15, -0.1) is 0 Å². The Morgan fingerprint density at radius 1 is 0.933 bits per heavy atom. The first-order chi connectivity index (χ1) is 6.79. The van der Waals surface area contributed by atoms with Crippen LogP contribution >= 0.6 is 0 Å². The van der Waals surface area contributed by atoms with Crippen LogP contribution in [0.2, 0.25) is 0 Å². The van der Waals surface area contributed by atoms with E-state index < -0.39 is 0 Å². The van der Waals surface area contributed by atoms with Gasteiger partial charge in [-0.25, -0.2) is 0 Å². The molecule has 0 fully saturated rings. The average molecular weight is 379 g/mol. The van der Waals surface area contributed by atoms with Gasteiger partial charge in [0.05, 0.1) is 11.4 Å². The molecule has 0 bridgehead atoms. The predicted molar refractivity (Wildman–Crippen MR) is 56.9 cm³/mol. The zero-order chi connectivity index (χ0) is 9.97. The van der Waals surface area contributed by atoms with E-state index in [0.29, 0.717) is 0 Å². The Kier molecular flexibility index (Phi) is 4.16. The summed E-state index contributed by atoms with van der Waals surface area (Å²) in [5, 5.41) is 0. The van der Waals surface area contributed by atoms with Gasteiger partial charge in [0, 0.05) is 12.4 Å². The van der Waals surface area contributed by atoms with Crippen LogP contribution in [-0.4, -0.2) is 9.97 Å². The molecule has 2 rings (SSSR count). The molecule has 15 heavy (non-hydrogen) atoms. The van der Waals surface area contributed by atoms with Crippen molar-refractivity contribution in [2.75, 3.05) is 0 Å². The first kappa shape index (κ1) is 12.1. The fourth-order valence-electron chi connectivity index (χ4n) is 1.39. The summed E-state index contributed by atoms with van der Waals surface area (Å²) in [6, 6.07) is 7.89. The second-order valence-electron chi connectivity index (χ2n) is 3.32. The maximum absolute atomic E-state index is 4.35. The average Bonchev–Trinajstić information content (AvgIpc) is 2.23. The summed E-state index contributed by atoms with van der Waals surface area (Å²) in [6.07, 6.45) is 3.62. The molecule has 78 valence electrons. The zero-order valence-electron chi connectivity index (χ0n) is 8.67. The van der Waals surface area contributed by atoms with Gasteiger partial charge in [0.25, 0.3) is 0 Å². The number of rotatable bonds is 1. The minimum Gasteiger partial charge on any atom is -0.255 e. The Morgan fingerprint density at radius 3 is 2.40 bits per heavy atom. The Labute approximate surface area is 104 Å². The summed E-state index contributed by atoms with van der Waals surface area (Å²) in [5.41, 5.74) is 4.37. The van der Waals surface area contributed by atoms with Crippen molar-refractivity contribution in [3.8, 4) is 11.4 Å². The fraction of sp³-hybridized carbons (Fsp3) is 0.167. The van der Waals surface area contributed by atoms with Crippen molar-refractivity contribution in [1.29, 1.82) is 0 Å². The van der Waals surface area contributed by atoms with E-state index in [1.165, 1.54) is 11.1 Å². The molecule has 2 aromatic heterocycles. The van der Waals surface area contributed by atoms with Crippen LogP contribution in [0.1, 0.15) is 11.1 Å². The summed E-state index contributed by atoms with van der Waals surface area (Å²) in [5.74, 6) is 0. The van der Waals surface area contributed by atoms with E-state index in [2.05, 4.69) is 23.8 Å². The molecule has 0 saturated heterocycles. The van der Waals surface area contributed by atoms with Crippen LogP contribution in [0, 0.1) is 13.8 Å². The number of aryl methyl sites for hydroxylation is 1. The van der Waals surface area contributed by atoms with Crippen LogP contribution in [0.4, 0.5) is 0 Å². The second-order valence-corrected chi connectivity index (χ2v) is 3.32. The van der Waals surface area contributed by atoms with Crippen molar-refractivity contribution in [3.05, 3.63) is 47.8 Å². The van der Waals surface area contributed by atoms with Crippen LogP contribution in [0.3, 0.4) is 0 Å². The first-order valence-corrected chi connectivity index (χ1v) is 4.62. The van der Waals surface area contributed by atoms with Crippen molar-refractivity contribution in [2.24, 2.45) is 0 Å². The molecule has 0 spiro atoms. The Morgan fingerprint density at radius 2 is 1.73 bits per heavy atom. The van der Waals surface area contributed by atoms with E-state index in [9.17, 15) is 0 Å². The van der Waals surface area contributed by atoms with Gasteiger partial charge in [-0.05, 0) is 43.2 Å². The van der Waals surface area contributed by atoms with Gasteiger partial charge in [0.2, 0.25) is 0 Å². The quantitative estimate of drug-likeness (QED) is 0.762. The van der Waals surface area contributed by atoms with E-state index in [1.807, 2.05) is 30.5 Å². The summed E-state index contributed by atoms with van der Waals surface area (Å²) in [4.78, 5) is 8.64. The Bertz CT molecular complexity index is 441. The molecule has 0 atom stereocenters. The third-order valence-electron chi connectivity index (χ3n) is 2.38. The molecule has 0 amide bonds. The largest absolute Gasteiger partial charge is 2.00 e. The molecule has 2 aromatic rings. The van der Waals surface area contributed by atoms with E-state index in [0.717, 1.165) is 11.4 Å². The zero-order valence-corrected chi connectivity index (χ0v) is 10.9. The van der Waals surface area contributed by atoms with Gasteiger partial charge in [-0.3, -0.25) is 9.97 Å². The molecule has 0 aliphatic carbocycles. The Balaban J connectivity index is 0.00000112. The fourth-order valence-corrected chi connectivity index (χ4v) is 1.39. The minimum absolute atomic E-state index is 0. The van der Waals surface area contributed by atoms with Gasteiger partial charge in [-0.2, -0.15) is 0 Å². The summed E-state index contributed by atoms with van der Waals surface area (Å²) in [6.45, 7) is 4.16. The van der Waals surface area contributed by atoms with Crippen molar-refractivity contribution in [2.45, 2.75) is 13.8 Å². The maximum Gasteiger partial charge on any atom is 2.00 e. The summed E-state index contributed by atoms with van der Waals surface area (Å²) >= 11 is 0. The number of hydrogen-bond donors (Lipinski definition) is 0. The van der Waals surface area contributed by atoms with Crippen LogP contribution in [0.25, 0.3) is 11.4 Å². The molecule has 3 heteroatoms. The Hall–Kier alpha value is -1.01. The maximum atomic E-state index is 4.35. The smallest absolute Gasteiger partial charge is 0.255 e. The molecule has 0 radical (unpaired) electrons. The third kappa shape index (κ3) is 2.51. The van der Waals surface area contributed by atoms with Gasteiger partial charge < -0.3 is 0 Å². The molecular formula is C12H12N2Pt+2. The summed E-state index contributed by atoms with van der Waals surface area (Å²) in [7, 11) is 0. The van der Waals surface area contributed by atoms with Crippen molar-refractivity contribution in [1.82, 2.24) is 9.97 Å². The molecule has 0 N–H and O–H groups in total. The van der Waals surface area contributed by atoms with Crippen LogP contribution in [-0.2, 0) is 21.1 Å². The number of nitrogens with zero attached hydrogens (tertiary/aromatic N) is 2.